The summed E-state index contributed by atoms with van der Waals surface area (Å²) in [4.78, 5) is 21.4. The molecule has 1 aliphatic heterocycles. The summed E-state index contributed by atoms with van der Waals surface area (Å²) in [6.45, 7) is 3.65. The van der Waals surface area contributed by atoms with Gasteiger partial charge in [0.25, 0.3) is 0 Å². The molecule has 0 aliphatic carbocycles. The summed E-state index contributed by atoms with van der Waals surface area (Å²) in [6, 6.07) is 4.86. The van der Waals surface area contributed by atoms with Gasteiger partial charge in [0, 0.05) is 18.1 Å². The van der Waals surface area contributed by atoms with E-state index >= 15 is 0 Å². The highest BCUT2D eigenvalue weighted by molar-refractivity contribution is 6.36. The van der Waals surface area contributed by atoms with Crippen LogP contribution in [0.5, 0.6) is 0 Å². The van der Waals surface area contributed by atoms with Gasteiger partial charge in [0.05, 0.1) is 15.6 Å². The molecule has 25 heavy (non-hydrogen) atoms. The van der Waals surface area contributed by atoms with Gasteiger partial charge in [-0.2, -0.15) is 0 Å². The monoisotopic (exact) mass is 381 g/mol. The van der Waals surface area contributed by atoms with Gasteiger partial charge in [0.2, 0.25) is 11.6 Å². The molecule has 1 saturated heterocycles. The number of nitrogens with one attached hydrogen (secondary N) is 1. The summed E-state index contributed by atoms with van der Waals surface area (Å²) < 4.78 is 0. The third kappa shape index (κ3) is 3.93. The molecule has 1 N–H and O–H groups in total. The number of halogens is 2. The molecule has 1 aliphatic rings. The van der Waals surface area contributed by atoms with Crippen LogP contribution in [0.4, 0.5) is 23.0 Å². The van der Waals surface area contributed by atoms with Crippen LogP contribution < -0.4 is 10.2 Å². The van der Waals surface area contributed by atoms with Crippen LogP contribution in [0.3, 0.4) is 0 Å². The van der Waals surface area contributed by atoms with Gasteiger partial charge in [-0.3, -0.25) is 10.1 Å². The fourth-order valence-corrected chi connectivity index (χ4v) is 3.26. The molecular formula is C16H17Cl2N5O2. The number of benzene rings is 1. The van der Waals surface area contributed by atoms with Crippen LogP contribution in [0.2, 0.25) is 10.0 Å². The highest BCUT2D eigenvalue weighted by Gasteiger charge is 2.29. The topological polar surface area (TPSA) is 84.2 Å². The smallest absolute Gasteiger partial charge is 0.351 e. The first kappa shape index (κ1) is 17.7. The molecule has 0 amide bonds. The molecule has 3 rings (SSSR count). The van der Waals surface area contributed by atoms with Crippen molar-refractivity contribution < 1.29 is 4.92 Å². The quantitative estimate of drug-likeness (QED) is 0.611. The van der Waals surface area contributed by atoms with Gasteiger partial charge in [-0.1, -0.05) is 30.1 Å². The number of anilines is 3. The average Bonchev–Trinajstić information content (AvgIpc) is 2.57. The number of nitrogens with zero attached hydrogens (tertiary/aromatic N) is 4. The Kier molecular flexibility index (Phi) is 5.24. The lowest BCUT2D eigenvalue weighted by molar-refractivity contribution is -0.383. The zero-order valence-electron chi connectivity index (χ0n) is 13.6. The van der Waals surface area contributed by atoms with Crippen LogP contribution in [-0.2, 0) is 0 Å². The van der Waals surface area contributed by atoms with Crippen molar-refractivity contribution in [1.82, 2.24) is 9.97 Å². The van der Waals surface area contributed by atoms with Crippen LogP contribution in [0.1, 0.15) is 19.8 Å². The zero-order chi connectivity index (χ0) is 18.0. The number of aromatic nitrogens is 2. The van der Waals surface area contributed by atoms with E-state index < -0.39 is 4.92 Å². The van der Waals surface area contributed by atoms with Crippen molar-refractivity contribution in [3.8, 4) is 0 Å². The Balaban J connectivity index is 1.96. The number of piperidine rings is 1. The first-order valence-electron chi connectivity index (χ1n) is 7.92. The lowest BCUT2D eigenvalue weighted by Crippen LogP contribution is -2.34. The fourth-order valence-electron chi connectivity index (χ4n) is 2.80. The summed E-state index contributed by atoms with van der Waals surface area (Å²) in [5.74, 6) is 1.06. The number of hydrogen-bond donors (Lipinski definition) is 1. The van der Waals surface area contributed by atoms with Crippen molar-refractivity contribution in [1.29, 1.82) is 0 Å². The van der Waals surface area contributed by atoms with E-state index in [0.29, 0.717) is 27.5 Å². The molecule has 1 aromatic heterocycles. The van der Waals surface area contributed by atoms with Gasteiger partial charge in [-0.05, 0) is 37.0 Å². The Hall–Kier alpha value is -2.12. The van der Waals surface area contributed by atoms with E-state index in [2.05, 4.69) is 22.2 Å². The standard InChI is InChI=1S/C16H17Cl2N5O2/c1-10-4-6-22(7-5-10)16-14(23(24)25)15(19-9-20-16)21-13-3-2-11(17)8-12(13)18/h2-3,8-10H,4-7H2,1H3,(H,19,20,21). The minimum absolute atomic E-state index is 0.109. The summed E-state index contributed by atoms with van der Waals surface area (Å²) in [5.41, 5.74) is 0.342. The first-order valence-corrected chi connectivity index (χ1v) is 8.67. The molecule has 2 aromatic rings. The highest BCUT2D eigenvalue weighted by atomic mass is 35.5. The van der Waals surface area contributed by atoms with E-state index in [0.717, 1.165) is 25.9 Å². The second-order valence-electron chi connectivity index (χ2n) is 6.07. The molecule has 0 radical (unpaired) electrons. The van der Waals surface area contributed by atoms with Crippen LogP contribution in [0.15, 0.2) is 24.5 Å². The maximum atomic E-state index is 11.7. The second-order valence-corrected chi connectivity index (χ2v) is 6.91. The van der Waals surface area contributed by atoms with E-state index in [1.54, 1.807) is 18.2 Å². The van der Waals surface area contributed by atoms with Crippen molar-refractivity contribution in [2.75, 3.05) is 23.3 Å². The van der Waals surface area contributed by atoms with Crippen molar-refractivity contribution in [3.05, 3.63) is 44.7 Å². The minimum atomic E-state index is -0.459. The van der Waals surface area contributed by atoms with Crippen molar-refractivity contribution >= 4 is 46.2 Å². The van der Waals surface area contributed by atoms with Crippen LogP contribution >= 0.6 is 23.2 Å². The third-order valence-electron chi connectivity index (χ3n) is 4.25. The van der Waals surface area contributed by atoms with Gasteiger partial charge >= 0.3 is 5.69 Å². The Bertz CT molecular complexity index is 794. The molecule has 7 nitrogen and oxygen atoms in total. The molecule has 132 valence electrons. The van der Waals surface area contributed by atoms with E-state index in [-0.39, 0.29) is 11.5 Å². The Labute approximate surface area is 155 Å². The third-order valence-corrected chi connectivity index (χ3v) is 4.80. The predicted octanol–water partition coefficient (Wildman–Crippen LogP) is 4.67. The molecule has 0 atom stereocenters. The average molecular weight is 382 g/mol. The first-order chi connectivity index (χ1) is 12.0. The maximum absolute atomic E-state index is 11.7. The molecule has 0 saturated carbocycles. The van der Waals surface area contributed by atoms with Crippen molar-refractivity contribution in [3.63, 3.8) is 0 Å². The Morgan fingerprint density at radius 1 is 1.28 bits per heavy atom. The maximum Gasteiger partial charge on any atom is 0.353 e. The van der Waals surface area contributed by atoms with E-state index in [9.17, 15) is 10.1 Å². The zero-order valence-corrected chi connectivity index (χ0v) is 15.1. The lowest BCUT2D eigenvalue weighted by Gasteiger charge is -2.30. The summed E-state index contributed by atoms with van der Waals surface area (Å²) >= 11 is 12.0. The van der Waals surface area contributed by atoms with E-state index in [4.69, 9.17) is 23.2 Å². The fraction of sp³-hybridized carbons (Fsp3) is 0.375. The van der Waals surface area contributed by atoms with E-state index in [1.807, 2.05) is 4.90 Å². The van der Waals surface area contributed by atoms with Gasteiger partial charge in [0.15, 0.2) is 0 Å². The van der Waals surface area contributed by atoms with Gasteiger partial charge in [0.1, 0.15) is 6.33 Å². The molecule has 1 fully saturated rings. The minimum Gasteiger partial charge on any atom is -0.351 e. The number of rotatable bonds is 4. The van der Waals surface area contributed by atoms with Crippen molar-refractivity contribution in [2.45, 2.75) is 19.8 Å². The van der Waals surface area contributed by atoms with E-state index in [1.165, 1.54) is 6.33 Å². The second kappa shape index (κ2) is 7.41. The molecule has 1 aromatic carbocycles. The van der Waals surface area contributed by atoms with Gasteiger partial charge in [-0.15, -0.1) is 0 Å². The summed E-state index contributed by atoms with van der Waals surface area (Å²) in [7, 11) is 0. The molecule has 9 heteroatoms. The van der Waals surface area contributed by atoms with Crippen LogP contribution in [0.25, 0.3) is 0 Å². The molecule has 0 spiro atoms. The summed E-state index contributed by atoms with van der Waals surface area (Å²) in [6.07, 6.45) is 3.28. The molecule has 2 heterocycles. The molecule has 0 bridgehead atoms. The van der Waals surface area contributed by atoms with Crippen molar-refractivity contribution in [2.24, 2.45) is 5.92 Å². The van der Waals surface area contributed by atoms with Crippen LogP contribution in [-0.4, -0.2) is 28.0 Å². The summed E-state index contributed by atoms with van der Waals surface area (Å²) in [5, 5.41) is 15.4. The Morgan fingerprint density at radius 3 is 2.64 bits per heavy atom. The SMILES string of the molecule is CC1CCN(c2ncnc(Nc3ccc(Cl)cc3Cl)c2[N+](=O)[O-])CC1. The predicted molar refractivity (Wildman–Crippen MR) is 99.0 cm³/mol. The highest BCUT2D eigenvalue weighted by Crippen LogP contribution is 2.37. The van der Waals surface area contributed by atoms with Gasteiger partial charge in [-0.25, -0.2) is 9.97 Å². The Morgan fingerprint density at radius 2 is 2.00 bits per heavy atom. The number of nitro groups is 1. The molecular weight excluding hydrogens is 365 g/mol. The van der Waals surface area contributed by atoms with Crippen LogP contribution in [0, 0.1) is 16.0 Å². The largest absolute Gasteiger partial charge is 0.353 e. The normalized spacial score (nSPS) is 15.2. The number of hydrogen-bond acceptors (Lipinski definition) is 6. The lowest BCUT2D eigenvalue weighted by atomic mass is 9.99. The molecule has 0 unspecified atom stereocenters. The van der Waals surface area contributed by atoms with Gasteiger partial charge < -0.3 is 10.2 Å².